The molecule has 0 aliphatic carbocycles. The number of aromatic nitrogens is 1. The molecule has 2 heterocycles. The van der Waals surface area contributed by atoms with Crippen molar-refractivity contribution in [3.63, 3.8) is 0 Å². The van der Waals surface area contributed by atoms with Gasteiger partial charge in [-0.05, 0) is 44.2 Å². The van der Waals surface area contributed by atoms with Crippen molar-refractivity contribution in [1.29, 1.82) is 0 Å². The predicted molar refractivity (Wildman–Crippen MR) is 88.6 cm³/mol. The normalized spacial score (nSPS) is 19.0. The topological polar surface area (TPSA) is 29.3 Å². The van der Waals surface area contributed by atoms with E-state index in [-0.39, 0.29) is 12.6 Å². The first-order valence-electron chi connectivity index (χ1n) is 7.66. The highest BCUT2D eigenvalue weighted by Crippen LogP contribution is 2.24. The van der Waals surface area contributed by atoms with E-state index in [1.165, 1.54) is 0 Å². The number of hydrogen-bond donors (Lipinski definition) is 0. The zero-order valence-corrected chi connectivity index (χ0v) is 14.3. The molecule has 22 heavy (non-hydrogen) atoms. The molecule has 1 aromatic carbocycles. The largest absolute Gasteiger partial charge is 0.441 e. The van der Waals surface area contributed by atoms with Gasteiger partial charge in [-0.1, -0.05) is 15.9 Å². The van der Waals surface area contributed by atoms with Crippen molar-refractivity contribution >= 4 is 15.9 Å². The zero-order chi connectivity index (χ0) is 15.5. The fourth-order valence-electron chi connectivity index (χ4n) is 2.88. The first kappa shape index (κ1) is 15.7. The number of likely N-dealkylation sites (tertiary alicyclic amines) is 1. The number of aryl methyl sites for hydroxylation is 1. The average molecular weight is 367 g/mol. The summed E-state index contributed by atoms with van der Waals surface area (Å²) in [5.41, 5.74) is 1.98. The molecule has 0 N–H and O–H groups in total. The maximum absolute atomic E-state index is 12.7. The lowest BCUT2D eigenvalue weighted by Crippen LogP contribution is -2.24. The molecule has 1 fully saturated rings. The SMILES string of the molecule is Cc1oc(-c2ccc(Br)cc2)nc1CCN1CC[C@@H](CF)C1. The van der Waals surface area contributed by atoms with Crippen molar-refractivity contribution in [3.8, 4) is 11.5 Å². The van der Waals surface area contributed by atoms with Crippen molar-refractivity contribution < 1.29 is 8.81 Å². The van der Waals surface area contributed by atoms with Crippen LogP contribution in [-0.4, -0.2) is 36.2 Å². The van der Waals surface area contributed by atoms with Gasteiger partial charge in [0.15, 0.2) is 0 Å². The predicted octanol–water partition coefficient (Wildman–Crippen LogP) is 4.25. The van der Waals surface area contributed by atoms with E-state index >= 15 is 0 Å². The Morgan fingerprint density at radius 1 is 1.36 bits per heavy atom. The standard InChI is InChI=1S/C17H20BrFN2O/c1-12-16(7-9-21-8-6-13(10-19)11-21)20-17(22-12)14-2-4-15(18)5-3-14/h2-5,13H,6-11H2,1H3/t13-/m0/s1. The van der Waals surface area contributed by atoms with Gasteiger partial charge in [0, 0.05) is 35.5 Å². The smallest absolute Gasteiger partial charge is 0.226 e. The van der Waals surface area contributed by atoms with Gasteiger partial charge in [0.1, 0.15) is 5.76 Å². The molecular formula is C17H20BrFN2O. The van der Waals surface area contributed by atoms with Gasteiger partial charge in [0.05, 0.1) is 12.4 Å². The third-order valence-electron chi connectivity index (χ3n) is 4.24. The summed E-state index contributed by atoms with van der Waals surface area (Å²) in [7, 11) is 0. The first-order valence-corrected chi connectivity index (χ1v) is 8.45. The molecule has 5 heteroatoms. The minimum absolute atomic E-state index is 0.201. The number of halogens is 2. The van der Waals surface area contributed by atoms with Crippen LogP contribution in [-0.2, 0) is 6.42 Å². The monoisotopic (exact) mass is 366 g/mol. The Kier molecular flexibility index (Phi) is 4.93. The summed E-state index contributed by atoms with van der Waals surface area (Å²) in [5, 5.41) is 0. The number of rotatable bonds is 5. The maximum Gasteiger partial charge on any atom is 0.226 e. The van der Waals surface area contributed by atoms with E-state index in [2.05, 4.69) is 25.8 Å². The second-order valence-corrected chi connectivity index (χ2v) is 6.80. The maximum atomic E-state index is 12.7. The second-order valence-electron chi connectivity index (χ2n) is 5.89. The number of alkyl halides is 1. The Morgan fingerprint density at radius 3 is 2.82 bits per heavy atom. The molecule has 0 spiro atoms. The van der Waals surface area contributed by atoms with Gasteiger partial charge < -0.3 is 9.32 Å². The number of oxazole rings is 1. The van der Waals surface area contributed by atoms with Crippen LogP contribution in [0.1, 0.15) is 17.9 Å². The molecule has 1 aliphatic heterocycles. The van der Waals surface area contributed by atoms with Crippen molar-refractivity contribution in [1.82, 2.24) is 9.88 Å². The van der Waals surface area contributed by atoms with E-state index in [4.69, 9.17) is 4.42 Å². The number of benzene rings is 1. The lowest BCUT2D eigenvalue weighted by Gasteiger charge is -2.14. The molecule has 1 aromatic heterocycles. The first-order chi connectivity index (χ1) is 10.7. The third kappa shape index (κ3) is 3.58. The molecular weight excluding hydrogens is 347 g/mol. The molecule has 3 rings (SSSR count). The minimum Gasteiger partial charge on any atom is -0.441 e. The average Bonchev–Trinajstić information content (AvgIpc) is 3.12. The summed E-state index contributed by atoms with van der Waals surface area (Å²) in [5.74, 6) is 1.76. The summed E-state index contributed by atoms with van der Waals surface area (Å²) < 4.78 is 19.5. The number of nitrogens with zero attached hydrogens (tertiary/aromatic N) is 2. The van der Waals surface area contributed by atoms with Gasteiger partial charge >= 0.3 is 0 Å². The van der Waals surface area contributed by atoms with Crippen LogP contribution in [0.3, 0.4) is 0 Å². The zero-order valence-electron chi connectivity index (χ0n) is 12.7. The summed E-state index contributed by atoms with van der Waals surface area (Å²) in [6.45, 7) is 4.54. The number of hydrogen-bond acceptors (Lipinski definition) is 3. The van der Waals surface area contributed by atoms with E-state index in [0.29, 0.717) is 5.89 Å². The van der Waals surface area contributed by atoms with E-state index in [9.17, 15) is 4.39 Å². The van der Waals surface area contributed by atoms with E-state index in [0.717, 1.165) is 54.0 Å². The molecule has 3 nitrogen and oxygen atoms in total. The van der Waals surface area contributed by atoms with Gasteiger partial charge in [-0.15, -0.1) is 0 Å². The highest BCUT2D eigenvalue weighted by molar-refractivity contribution is 9.10. The lowest BCUT2D eigenvalue weighted by molar-refractivity contribution is 0.304. The molecule has 1 saturated heterocycles. The highest BCUT2D eigenvalue weighted by atomic mass is 79.9. The van der Waals surface area contributed by atoms with E-state index in [1.54, 1.807) is 0 Å². The van der Waals surface area contributed by atoms with Crippen LogP contribution in [0, 0.1) is 12.8 Å². The Balaban J connectivity index is 1.64. The Bertz CT molecular complexity index is 626. The van der Waals surface area contributed by atoms with Gasteiger partial charge in [0.25, 0.3) is 0 Å². The van der Waals surface area contributed by atoms with Crippen molar-refractivity contribution in [2.75, 3.05) is 26.3 Å². The molecule has 0 radical (unpaired) electrons. The van der Waals surface area contributed by atoms with Gasteiger partial charge in [-0.25, -0.2) is 4.98 Å². The third-order valence-corrected chi connectivity index (χ3v) is 4.77. The van der Waals surface area contributed by atoms with Crippen molar-refractivity contribution in [2.45, 2.75) is 19.8 Å². The van der Waals surface area contributed by atoms with Crippen LogP contribution < -0.4 is 0 Å². The van der Waals surface area contributed by atoms with Gasteiger partial charge in [-0.2, -0.15) is 0 Å². The van der Waals surface area contributed by atoms with Crippen LogP contribution in [0.15, 0.2) is 33.2 Å². The molecule has 118 valence electrons. The molecule has 0 saturated carbocycles. The Morgan fingerprint density at radius 2 is 2.14 bits per heavy atom. The van der Waals surface area contributed by atoms with Crippen LogP contribution in [0.2, 0.25) is 0 Å². The van der Waals surface area contributed by atoms with E-state index in [1.807, 2.05) is 31.2 Å². The van der Waals surface area contributed by atoms with Crippen molar-refractivity contribution in [3.05, 3.63) is 40.2 Å². The lowest BCUT2D eigenvalue weighted by atomic mass is 10.1. The Hall–Kier alpha value is -1.20. The summed E-state index contributed by atoms with van der Waals surface area (Å²) in [4.78, 5) is 6.94. The van der Waals surface area contributed by atoms with Gasteiger partial charge in [0.2, 0.25) is 5.89 Å². The van der Waals surface area contributed by atoms with Crippen LogP contribution in [0.5, 0.6) is 0 Å². The van der Waals surface area contributed by atoms with Crippen LogP contribution >= 0.6 is 15.9 Å². The van der Waals surface area contributed by atoms with Crippen molar-refractivity contribution in [2.24, 2.45) is 5.92 Å². The summed E-state index contributed by atoms with van der Waals surface area (Å²) in [6.07, 6.45) is 1.82. The summed E-state index contributed by atoms with van der Waals surface area (Å²) >= 11 is 3.43. The highest BCUT2D eigenvalue weighted by Gasteiger charge is 2.22. The molecule has 0 unspecified atom stereocenters. The molecule has 0 amide bonds. The Labute approximate surface area is 138 Å². The van der Waals surface area contributed by atoms with E-state index < -0.39 is 0 Å². The fraction of sp³-hybridized carbons (Fsp3) is 0.471. The molecule has 1 atom stereocenters. The summed E-state index contributed by atoms with van der Waals surface area (Å²) in [6, 6.07) is 7.95. The quantitative estimate of drug-likeness (QED) is 0.792. The van der Waals surface area contributed by atoms with Gasteiger partial charge in [-0.3, -0.25) is 4.39 Å². The molecule has 0 bridgehead atoms. The fourth-order valence-corrected chi connectivity index (χ4v) is 3.15. The minimum atomic E-state index is -0.201. The molecule has 2 aromatic rings. The van der Waals surface area contributed by atoms with Crippen LogP contribution in [0.25, 0.3) is 11.5 Å². The second kappa shape index (κ2) is 6.92. The van der Waals surface area contributed by atoms with Crippen LogP contribution in [0.4, 0.5) is 4.39 Å². The molecule has 1 aliphatic rings.